The first kappa shape index (κ1) is 14.6. The van der Waals surface area contributed by atoms with Gasteiger partial charge in [-0.1, -0.05) is 30.3 Å². The van der Waals surface area contributed by atoms with Crippen LogP contribution in [0.4, 0.5) is 18.9 Å². The first-order chi connectivity index (χ1) is 10.4. The van der Waals surface area contributed by atoms with E-state index in [1.54, 1.807) is 0 Å². The van der Waals surface area contributed by atoms with Crippen molar-refractivity contribution in [3.8, 4) is 0 Å². The van der Waals surface area contributed by atoms with Crippen molar-refractivity contribution in [2.45, 2.75) is 18.3 Å². The molecule has 3 nitrogen and oxygen atoms in total. The van der Waals surface area contributed by atoms with Gasteiger partial charge in [-0.15, -0.1) is 0 Å². The Balaban J connectivity index is 1.91. The van der Waals surface area contributed by atoms with Crippen molar-refractivity contribution in [2.75, 3.05) is 4.90 Å². The molecule has 0 unspecified atom stereocenters. The zero-order valence-corrected chi connectivity index (χ0v) is 11.4. The summed E-state index contributed by atoms with van der Waals surface area (Å²) in [6, 6.07) is 12.7. The lowest BCUT2D eigenvalue weighted by Crippen LogP contribution is -2.63. The van der Waals surface area contributed by atoms with Gasteiger partial charge in [-0.3, -0.25) is 4.79 Å². The van der Waals surface area contributed by atoms with Gasteiger partial charge in [0.2, 0.25) is 5.91 Å². The standard InChI is InChI=1S/C16H13F3N2O/c17-16(18,19)11-6-8-12(9-7-11)21-14(13(20)15(21)22)10-4-2-1-3-5-10/h1-9,13-14H,20H2/t13-,14-/m1/s1. The minimum absolute atomic E-state index is 0.298. The van der Waals surface area contributed by atoms with Crippen molar-refractivity contribution in [2.24, 2.45) is 5.73 Å². The molecule has 2 N–H and O–H groups in total. The fourth-order valence-corrected chi connectivity index (χ4v) is 2.62. The molecule has 1 amide bonds. The summed E-state index contributed by atoms with van der Waals surface area (Å²) in [7, 11) is 0. The van der Waals surface area contributed by atoms with Gasteiger partial charge in [0.1, 0.15) is 6.04 Å². The van der Waals surface area contributed by atoms with Gasteiger partial charge < -0.3 is 10.6 Å². The van der Waals surface area contributed by atoms with Crippen LogP contribution in [0.2, 0.25) is 0 Å². The summed E-state index contributed by atoms with van der Waals surface area (Å²) in [6.45, 7) is 0. The molecule has 3 rings (SSSR count). The first-order valence-electron chi connectivity index (χ1n) is 6.70. The van der Waals surface area contributed by atoms with Gasteiger partial charge in [-0.25, -0.2) is 0 Å². The molecule has 0 aliphatic carbocycles. The number of hydrogen-bond acceptors (Lipinski definition) is 2. The van der Waals surface area contributed by atoms with Crippen LogP contribution in [0, 0.1) is 0 Å². The van der Waals surface area contributed by atoms with E-state index < -0.39 is 17.8 Å². The number of carbonyl (C=O) groups excluding carboxylic acids is 1. The molecule has 6 heteroatoms. The second kappa shape index (κ2) is 5.14. The Morgan fingerprint density at radius 1 is 0.955 bits per heavy atom. The van der Waals surface area contributed by atoms with E-state index in [4.69, 9.17) is 5.73 Å². The Morgan fingerprint density at radius 3 is 2.09 bits per heavy atom. The van der Waals surface area contributed by atoms with Crippen molar-refractivity contribution in [3.05, 3.63) is 65.7 Å². The lowest BCUT2D eigenvalue weighted by atomic mass is 9.88. The third kappa shape index (κ3) is 2.35. The van der Waals surface area contributed by atoms with Gasteiger partial charge in [-0.2, -0.15) is 13.2 Å². The maximum Gasteiger partial charge on any atom is 0.416 e. The molecule has 1 saturated heterocycles. The van der Waals surface area contributed by atoms with Crippen LogP contribution in [0.5, 0.6) is 0 Å². The molecule has 1 heterocycles. The smallest absolute Gasteiger partial charge is 0.318 e. The molecule has 1 aliphatic heterocycles. The number of alkyl halides is 3. The number of rotatable bonds is 2. The maximum absolute atomic E-state index is 12.6. The molecule has 0 saturated carbocycles. The zero-order valence-electron chi connectivity index (χ0n) is 11.4. The number of amides is 1. The molecule has 1 aliphatic rings. The molecule has 0 spiro atoms. The first-order valence-corrected chi connectivity index (χ1v) is 6.70. The van der Waals surface area contributed by atoms with Gasteiger partial charge in [-0.05, 0) is 29.8 Å². The SMILES string of the molecule is N[C@H]1C(=O)N(c2ccc(C(F)(F)F)cc2)[C@@H]1c1ccccc1. The lowest BCUT2D eigenvalue weighted by Gasteiger charge is -2.45. The number of anilines is 1. The van der Waals surface area contributed by atoms with Crippen LogP contribution in [0.1, 0.15) is 17.2 Å². The topological polar surface area (TPSA) is 46.3 Å². The van der Waals surface area contributed by atoms with Crippen LogP contribution in [0.25, 0.3) is 0 Å². The van der Waals surface area contributed by atoms with E-state index in [9.17, 15) is 18.0 Å². The predicted molar refractivity (Wildman–Crippen MR) is 76.1 cm³/mol. The molecule has 1 fully saturated rings. The maximum atomic E-state index is 12.6. The quantitative estimate of drug-likeness (QED) is 0.867. The fraction of sp³-hybridized carbons (Fsp3) is 0.188. The van der Waals surface area contributed by atoms with Crippen LogP contribution in [0.15, 0.2) is 54.6 Å². The number of nitrogens with zero attached hydrogens (tertiary/aromatic N) is 1. The molecular weight excluding hydrogens is 293 g/mol. The van der Waals surface area contributed by atoms with Gasteiger partial charge >= 0.3 is 6.18 Å². The molecule has 0 radical (unpaired) electrons. The van der Waals surface area contributed by atoms with Gasteiger partial charge in [0.25, 0.3) is 0 Å². The minimum Gasteiger partial charge on any atom is -0.318 e. The molecule has 2 aromatic carbocycles. The van der Waals surface area contributed by atoms with Crippen molar-refractivity contribution in [1.29, 1.82) is 0 Å². The fourth-order valence-electron chi connectivity index (χ4n) is 2.62. The normalized spacial score (nSPS) is 21.6. The van der Waals surface area contributed by atoms with Crippen molar-refractivity contribution in [3.63, 3.8) is 0 Å². The third-order valence-electron chi connectivity index (χ3n) is 3.75. The summed E-state index contributed by atoms with van der Waals surface area (Å²) in [4.78, 5) is 13.4. The summed E-state index contributed by atoms with van der Waals surface area (Å²) < 4.78 is 37.8. The average Bonchev–Trinajstić information content (AvgIpc) is 2.51. The monoisotopic (exact) mass is 306 g/mol. The molecule has 2 aromatic rings. The van der Waals surface area contributed by atoms with Crippen LogP contribution < -0.4 is 10.6 Å². The second-order valence-corrected chi connectivity index (χ2v) is 5.13. The average molecular weight is 306 g/mol. The third-order valence-corrected chi connectivity index (χ3v) is 3.75. The molecule has 0 bridgehead atoms. The van der Waals surface area contributed by atoms with Crippen molar-refractivity contribution < 1.29 is 18.0 Å². The highest BCUT2D eigenvalue weighted by Gasteiger charge is 2.46. The number of benzene rings is 2. The highest BCUT2D eigenvalue weighted by Crippen LogP contribution is 2.39. The van der Waals surface area contributed by atoms with Crippen LogP contribution in [-0.2, 0) is 11.0 Å². The number of carbonyl (C=O) groups is 1. The van der Waals surface area contributed by atoms with E-state index in [2.05, 4.69) is 0 Å². The molecule has 2 atom stereocenters. The highest BCUT2D eigenvalue weighted by molar-refractivity contribution is 6.05. The Hall–Kier alpha value is -2.34. The van der Waals surface area contributed by atoms with E-state index in [0.717, 1.165) is 17.7 Å². The summed E-state index contributed by atoms with van der Waals surface area (Å²) in [6.07, 6.45) is -4.40. The van der Waals surface area contributed by atoms with E-state index >= 15 is 0 Å². The van der Waals surface area contributed by atoms with Crippen molar-refractivity contribution >= 4 is 11.6 Å². The second-order valence-electron chi connectivity index (χ2n) is 5.13. The predicted octanol–water partition coefficient (Wildman–Crippen LogP) is 3.12. The number of halogens is 3. The largest absolute Gasteiger partial charge is 0.416 e. The van der Waals surface area contributed by atoms with Crippen LogP contribution in [0.3, 0.4) is 0 Å². The molecular formula is C16H13F3N2O. The number of β-lactam (4-membered cyclic amide) rings is 1. The van der Waals surface area contributed by atoms with Gasteiger partial charge in [0.15, 0.2) is 0 Å². The van der Waals surface area contributed by atoms with Crippen molar-refractivity contribution in [1.82, 2.24) is 0 Å². The van der Waals surface area contributed by atoms with Crippen LogP contribution >= 0.6 is 0 Å². The van der Waals surface area contributed by atoms with Gasteiger partial charge in [0.05, 0.1) is 11.6 Å². The van der Waals surface area contributed by atoms with E-state index in [0.29, 0.717) is 5.69 Å². The molecule has 0 aromatic heterocycles. The Labute approximate surface area is 125 Å². The van der Waals surface area contributed by atoms with E-state index in [-0.39, 0.29) is 11.9 Å². The van der Waals surface area contributed by atoms with Gasteiger partial charge in [0, 0.05) is 5.69 Å². The lowest BCUT2D eigenvalue weighted by molar-refractivity contribution is -0.137. The zero-order chi connectivity index (χ0) is 15.9. The highest BCUT2D eigenvalue weighted by atomic mass is 19.4. The minimum atomic E-state index is -4.40. The molecule has 114 valence electrons. The van der Waals surface area contributed by atoms with E-state index in [1.807, 2.05) is 30.3 Å². The Kier molecular flexibility index (Phi) is 3.41. The Morgan fingerprint density at radius 2 is 1.55 bits per heavy atom. The number of hydrogen-bond donors (Lipinski definition) is 1. The summed E-state index contributed by atoms with van der Waals surface area (Å²) in [5.74, 6) is -0.298. The van der Waals surface area contributed by atoms with E-state index in [1.165, 1.54) is 17.0 Å². The van der Waals surface area contributed by atoms with Crippen LogP contribution in [-0.4, -0.2) is 11.9 Å². The summed E-state index contributed by atoms with van der Waals surface area (Å²) >= 11 is 0. The molecule has 22 heavy (non-hydrogen) atoms. The summed E-state index contributed by atoms with van der Waals surface area (Å²) in [5.41, 5.74) is 6.38. The number of nitrogens with two attached hydrogens (primary N) is 1. The summed E-state index contributed by atoms with van der Waals surface area (Å²) in [5, 5.41) is 0. The Bertz CT molecular complexity index is 683.